The third-order valence-electron chi connectivity index (χ3n) is 2.77. The number of carbonyl (C=O) groups excluding carboxylic acids is 1. The van der Waals surface area contributed by atoms with E-state index in [1.54, 1.807) is 13.1 Å². The molecule has 1 heterocycles. The first-order valence-corrected chi connectivity index (χ1v) is 7.02. The molecule has 2 unspecified atom stereocenters. The number of carboxylic acid groups (broad SMARTS) is 1. The smallest absolute Gasteiger partial charge is 0.318 e. The molecule has 106 valence electrons. The Hall–Kier alpha value is -1.63. The fourth-order valence-corrected chi connectivity index (χ4v) is 2.44. The van der Waals surface area contributed by atoms with Crippen LogP contribution in [0.25, 0.3) is 0 Å². The predicted octanol–water partition coefficient (Wildman–Crippen LogP) is 2.10. The summed E-state index contributed by atoms with van der Waals surface area (Å²) in [7, 11) is 0. The summed E-state index contributed by atoms with van der Waals surface area (Å²) in [6.45, 7) is 5.87. The van der Waals surface area contributed by atoms with Crippen molar-refractivity contribution in [2.24, 2.45) is 0 Å². The molecule has 0 bridgehead atoms. The first-order valence-electron chi connectivity index (χ1n) is 6.14. The molecule has 19 heavy (non-hydrogen) atoms. The van der Waals surface area contributed by atoms with E-state index in [2.05, 4.69) is 10.3 Å². The molecule has 0 fully saturated rings. The highest BCUT2D eigenvalue weighted by atomic mass is 32.1. The molecular formula is C12H19N3O3S. The van der Waals surface area contributed by atoms with E-state index in [9.17, 15) is 9.59 Å². The fourth-order valence-electron chi connectivity index (χ4n) is 1.80. The summed E-state index contributed by atoms with van der Waals surface area (Å²) >= 11 is 1.47. The van der Waals surface area contributed by atoms with Gasteiger partial charge in [-0.3, -0.25) is 4.79 Å². The number of nitrogens with one attached hydrogen (secondary N) is 1. The van der Waals surface area contributed by atoms with Gasteiger partial charge in [0.05, 0.1) is 12.5 Å². The summed E-state index contributed by atoms with van der Waals surface area (Å²) in [6, 6.07) is -0.788. The van der Waals surface area contributed by atoms with Crippen LogP contribution >= 0.6 is 11.3 Å². The van der Waals surface area contributed by atoms with Crippen LogP contribution in [0.1, 0.15) is 38.2 Å². The Morgan fingerprint density at radius 3 is 2.68 bits per heavy atom. The van der Waals surface area contributed by atoms with E-state index in [-0.39, 0.29) is 24.5 Å². The summed E-state index contributed by atoms with van der Waals surface area (Å²) in [5, 5.41) is 14.3. The SMILES string of the molecule is CCN(C(=O)NC(C)c1nccs1)C(C)CC(=O)O. The van der Waals surface area contributed by atoms with Gasteiger partial charge in [-0.2, -0.15) is 0 Å². The highest BCUT2D eigenvalue weighted by Gasteiger charge is 2.22. The van der Waals surface area contributed by atoms with Crippen molar-refractivity contribution in [3.8, 4) is 0 Å². The third kappa shape index (κ3) is 4.51. The lowest BCUT2D eigenvalue weighted by Crippen LogP contribution is -2.46. The number of rotatable bonds is 6. The number of hydrogen-bond acceptors (Lipinski definition) is 4. The molecule has 0 radical (unpaired) electrons. The summed E-state index contributed by atoms with van der Waals surface area (Å²) < 4.78 is 0. The molecule has 0 saturated carbocycles. The molecule has 0 saturated heterocycles. The predicted molar refractivity (Wildman–Crippen MR) is 73.2 cm³/mol. The van der Waals surface area contributed by atoms with E-state index in [0.29, 0.717) is 6.54 Å². The zero-order chi connectivity index (χ0) is 14.4. The lowest BCUT2D eigenvalue weighted by atomic mass is 10.2. The van der Waals surface area contributed by atoms with Crippen LogP contribution in [0.2, 0.25) is 0 Å². The molecule has 1 aromatic rings. The number of nitrogens with zero attached hydrogens (tertiary/aromatic N) is 2. The molecule has 0 aromatic carbocycles. The Kier molecular flexibility index (Phi) is 5.75. The van der Waals surface area contributed by atoms with Crippen LogP contribution in [0.4, 0.5) is 4.79 Å². The van der Waals surface area contributed by atoms with Gasteiger partial charge in [-0.25, -0.2) is 9.78 Å². The number of aromatic nitrogens is 1. The Balaban J connectivity index is 2.61. The van der Waals surface area contributed by atoms with Crippen LogP contribution in [0.15, 0.2) is 11.6 Å². The van der Waals surface area contributed by atoms with E-state index in [0.717, 1.165) is 5.01 Å². The average Bonchev–Trinajstić information content (AvgIpc) is 2.81. The normalized spacial score (nSPS) is 13.6. The maximum absolute atomic E-state index is 12.1. The van der Waals surface area contributed by atoms with Crippen LogP contribution < -0.4 is 5.32 Å². The van der Waals surface area contributed by atoms with Gasteiger partial charge in [0.25, 0.3) is 0 Å². The van der Waals surface area contributed by atoms with Crippen molar-refractivity contribution in [3.05, 3.63) is 16.6 Å². The van der Waals surface area contributed by atoms with Gasteiger partial charge in [0.15, 0.2) is 0 Å². The average molecular weight is 285 g/mol. The first-order chi connectivity index (χ1) is 8.95. The number of urea groups is 1. The van der Waals surface area contributed by atoms with Crippen LogP contribution in [0, 0.1) is 0 Å². The van der Waals surface area contributed by atoms with Crippen molar-refractivity contribution < 1.29 is 14.7 Å². The molecule has 6 nitrogen and oxygen atoms in total. The van der Waals surface area contributed by atoms with Crippen molar-refractivity contribution >= 4 is 23.3 Å². The van der Waals surface area contributed by atoms with Gasteiger partial charge in [-0.15, -0.1) is 11.3 Å². The number of carbonyl (C=O) groups is 2. The van der Waals surface area contributed by atoms with Crippen LogP contribution in [0.3, 0.4) is 0 Å². The number of carboxylic acids is 1. The minimum atomic E-state index is -0.910. The second kappa shape index (κ2) is 7.08. The number of amides is 2. The molecule has 2 atom stereocenters. The molecule has 0 spiro atoms. The number of hydrogen-bond donors (Lipinski definition) is 2. The largest absolute Gasteiger partial charge is 0.481 e. The van der Waals surface area contributed by atoms with Crippen molar-refractivity contribution in [2.45, 2.75) is 39.3 Å². The molecule has 7 heteroatoms. The Morgan fingerprint density at radius 1 is 1.53 bits per heavy atom. The molecular weight excluding hydrogens is 266 g/mol. The number of thiazole rings is 1. The highest BCUT2D eigenvalue weighted by molar-refractivity contribution is 7.09. The van der Waals surface area contributed by atoms with Crippen molar-refractivity contribution in [2.75, 3.05) is 6.54 Å². The maximum atomic E-state index is 12.1. The van der Waals surface area contributed by atoms with Gasteiger partial charge in [0.2, 0.25) is 0 Å². The minimum Gasteiger partial charge on any atom is -0.481 e. The summed E-state index contributed by atoms with van der Waals surface area (Å²) in [4.78, 5) is 28.4. The monoisotopic (exact) mass is 285 g/mol. The van der Waals surface area contributed by atoms with E-state index >= 15 is 0 Å². The van der Waals surface area contributed by atoms with Gasteiger partial charge in [0.1, 0.15) is 5.01 Å². The zero-order valence-electron chi connectivity index (χ0n) is 11.3. The van der Waals surface area contributed by atoms with Gasteiger partial charge >= 0.3 is 12.0 Å². The van der Waals surface area contributed by atoms with Crippen LogP contribution in [-0.2, 0) is 4.79 Å². The van der Waals surface area contributed by atoms with Crippen LogP contribution in [0.5, 0.6) is 0 Å². The van der Waals surface area contributed by atoms with E-state index in [4.69, 9.17) is 5.11 Å². The molecule has 1 rings (SSSR count). The van der Waals surface area contributed by atoms with Crippen LogP contribution in [-0.4, -0.2) is 39.6 Å². The van der Waals surface area contributed by atoms with E-state index in [1.165, 1.54) is 16.2 Å². The van der Waals surface area contributed by atoms with Crippen molar-refractivity contribution in [1.29, 1.82) is 0 Å². The van der Waals surface area contributed by atoms with E-state index in [1.807, 2.05) is 19.2 Å². The molecule has 1 aromatic heterocycles. The Morgan fingerprint density at radius 2 is 2.21 bits per heavy atom. The fraction of sp³-hybridized carbons (Fsp3) is 0.583. The Labute approximate surface area is 116 Å². The highest BCUT2D eigenvalue weighted by Crippen LogP contribution is 2.15. The quantitative estimate of drug-likeness (QED) is 0.838. The second-order valence-electron chi connectivity index (χ2n) is 4.27. The summed E-state index contributed by atoms with van der Waals surface area (Å²) in [5.41, 5.74) is 0. The minimum absolute atomic E-state index is 0.0626. The van der Waals surface area contributed by atoms with Gasteiger partial charge in [0, 0.05) is 24.2 Å². The molecule has 0 aliphatic heterocycles. The van der Waals surface area contributed by atoms with Gasteiger partial charge in [-0.05, 0) is 20.8 Å². The third-order valence-corrected chi connectivity index (χ3v) is 3.72. The topological polar surface area (TPSA) is 82.5 Å². The van der Waals surface area contributed by atoms with Gasteiger partial charge in [-0.1, -0.05) is 0 Å². The second-order valence-corrected chi connectivity index (χ2v) is 5.20. The summed E-state index contributed by atoms with van der Waals surface area (Å²) in [6.07, 6.45) is 1.63. The molecule has 2 N–H and O–H groups in total. The molecule has 0 aliphatic carbocycles. The standard InChI is InChI=1S/C12H19N3O3S/c1-4-15(8(2)7-10(16)17)12(18)14-9(3)11-13-5-6-19-11/h5-6,8-9H,4,7H2,1-3H3,(H,14,18)(H,16,17). The van der Waals surface area contributed by atoms with Crippen molar-refractivity contribution in [3.63, 3.8) is 0 Å². The lowest BCUT2D eigenvalue weighted by Gasteiger charge is -2.28. The van der Waals surface area contributed by atoms with Gasteiger partial charge < -0.3 is 15.3 Å². The lowest BCUT2D eigenvalue weighted by molar-refractivity contribution is -0.138. The first kappa shape index (κ1) is 15.4. The maximum Gasteiger partial charge on any atom is 0.318 e. The van der Waals surface area contributed by atoms with E-state index < -0.39 is 5.97 Å². The van der Waals surface area contributed by atoms with Crippen molar-refractivity contribution in [1.82, 2.24) is 15.2 Å². The molecule has 0 aliphatic rings. The Bertz CT molecular complexity index is 422. The summed E-state index contributed by atoms with van der Waals surface area (Å²) in [5.74, 6) is -0.910. The number of aliphatic carboxylic acids is 1. The zero-order valence-corrected chi connectivity index (χ0v) is 12.1. The molecule has 2 amide bonds.